The van der Waals surface area contributed by atoms with Crippen LogP contribution in [0.5, 0.6) is 11.5 Å². The fourth-order valence-corrected chi connectivity index (χ4v) is 2.79. The molecule has 0 radical (unpaired) electrons. The Morgan fingerprint density at radius 2 is 2.00 bits per heavy atom. The molecule has 0 aliphatic heterocycles. The van der Waals surface area contributed by atoms with E-state index >= 15 is 0 Å². The number of anilines is 1. The molecule has 126 valence electrons. The lowest BCUT2D eigenvalue weighted by Gasteiger charge is -2.08. The predicted molar refractivity (Wildman–Crippen MR) is 99.9 cm³/mol. The monoisotopic (exact) mass is 343 g/mol. The van der Waals surface area contributed by atoms with Gasteiger partial charge in [0.25, 0.3) is 0 Å². The number of benzene rings is 2. The number of thioether (sulfide) groups is 1. The van der Waals surface area contributed by atoms with Gasteiger partial charge in [0.05, 0.1) is 12.9 Å². The molecule has 5 heteroatoms. The normalized spacial score (nSPS) is 10.0. The van der Waals surface area contributed by atoms with Crippen LogP contribution in [0, 0.1) is 0 Å². The molecule has 0 aromatic heterocycles. The summed E-state index contributed by atoms with van der Waals surface area (Å²) in [6.45, 7) is 4.05. The van der Waals surface area contributed by atoms with E-state index in [0.29, 0.717) is 18.1 Å². The number of ether oxygens (including phenoxy) is 2. The maximum atomic E-state index is 12.0. The van der Waals surface area contributed by atoms with Crippen LogP contribution in [0.2, 0.25) is 0 Å². The van der Waals surface area contributed by atoms with Crippen LogP contribution in [0.4, 0.5) is 5.69 Å². The molecule has 2 aromatic carbocycles. The predicted octanol–water partition coefficient (Wildman–Crippen LogP) is 4.13. The number of methoxy groups -OCH3 is 1. The van der Waals surface area contributed by atoms with Gasteiger partial charge in [0.1, 0.15) is 18.1 Å². The number of amides is 1. The van der Waals surface area contributed by atoms with E-state index in [1.165, 1.54) is 0 Å². The standard InChI is InChI=1S/C19H21NO3S/c1-3-11-23-18-6-4-5-16(12-18)20-19(21)14-24-13-15-7-9-17(22-2)10-8-15/h3-10,12H,1,11,13-14H2,2H3,(H,20,21). The summed E-state index contributed by atoms with van der Waals surface area (Å²) in [6.07, 6.45) is 1.68. The molecule has 0 aliphatic rings. The van der Waals surface area contributed by atoms with Gasteiger partial charge in [-0.1, -0.05) is 30.9 Å². The van der Waals surface area contributed by atoms with Gasteiger partial charge in [0.2, 0.25) is 5.91 Å². The molecule has 2 aromatic rings. The lowest BCUT2D eigenvalue weighted by atomic mass is 10.2. The maximum Gasteiger partial charge on any atom is 0.234 e. The van der Waals surface area contributed by atoms with Gasteiger partial charge >= 0.3 is 0 Å². The zero-order chi connectivity index (χ0) is 17.2. The second kappa shape index (κ2) is 9.67. The zero-order valence-electron chi connectivity index (χ0n) is 13.7. The minimum atomic E-state index is -0.0330. The van der Waals surface area contributed by atoms with Crippen LogP contribution in [-0.2, 0) is 10.5 Å². The third kappa shape index (κ3) is 6.01. The molecule has 4 nitrogen and oxygen atoms in total. The van der Waals surface area contributed by atoms with E-state index in [2.05, 4.69) is 11.9 Å². The highest BCUT2D eigenvalue weighted by Gasteiger charge is 2.04. The van der Waals surface area contributed by atoms with Crippen molar-refractivity contribution in [2.45, 2.75) is 5.75 Å². The average Bonchev–Trinajstić information content (AvgIpc) is 2.61. The molecule has 0 aliphatic carbocycles. The molecule has 1 amide bonds. The van der Waals surface area contributed by atoms with Gasteiger partial charge in [0.15, 0.2) is 0 Å². The number of hydrogen-bond acceptors (Lipinski definition) is 4. The average molecular weight is 343 g/mol. The smallest absolute Gasteiger partial charge is 0.234 e. The zero-order valence-corrected chi connectivity index (χ0v) is 14.5. The van der Waals surface area contributed by atoms with E-state index < -0.39 is 0 Å². The third-order valence-electron chi connectivity index (χ3n) is 3.15. The summed E-state index contributed by atoms with van der Waals surface area (Å²) in [5, 5.41) is 2.88. The van der Waals surface area contributed by atoms with Crippen LogP contribution in [0.25, 0.3) is 0 Å². The van der Waals surface area contributed by atoms with Crippen molar-refractivity contribution in [3.05, 3.63) is 66.7 Å². The Morgan fingerprint density at radius 3 is 2.71 bits per heavy atom. The van der Waals surface area contributed by atoms with E-state index in [-0.39, 0.29) is 5.91 Å². The van der Waals surface area contributed by atoms with Crippen molar-refractivity contribution in [1.82, 2.24) is 0 Å². The van der Waals surface area contributed by atoms with E-state index in [9.17, 15) is 4.79 Å². The molecule has 0 fully saturated rings. The van der Waals surface area contributed by atoms with Crippen molar-refractivity contribution in [3.8, 4) is 11.5 Å². The van der Waals surface area contributed by atoms with Crippen LogP contribution >= 0.6 is 11.8 Å². The maximum absolute atomic E-state index is 12.0. The van der Waals surface area contributed by atoms with E-state index in [0.717, 1.165) is 22.8 Å². The van der Waals surface area contributed by atoms with Crippen molar-refractivity contribution in [2.24, 2.45) is 0 Å². The Labute approximate surface area is 146 Å². The lowest BCUT2D eigenvalue weighted by molar-refractivity contribution is -0.113. The first-order valence-electron chi connectivity index (χ1n) is 7.55. The van der Waals surface area contributed by atoms with E-state index in [1.807, 2.05) is 42.5 Å². The van der Waals surface area contributed by atoms with Gasteiger partial charge in [-0.2, -0.15) is 0 Å². The van der Waals surface area contributed by atoms with Crippen molar-refractivity contribution in [2.75, 3.05) is 24.8 Å². The second-order valence-electron chi connectivity index (χ2n) is 5.02. The molecule has 0 saturated heterocycles. The highest BCUT2D eigenvalue weighted by atomic mass is 32.2. The number of nitrogens with one attached hydrogen (secondary N) is 1. The topological polar surface area (TPSA) is 47.6 Å². The Balaban J connectivity index is 1.77. The van der Waals surface area contributed by atoms with Crippen LogP contribution < -0.4 is 14.8 Å². The SMILES string of the molecule is C=CCOc1cccc(NC(=O)CSCc2ccc(OC)cc2)c1. The van der Waals surface area contributed by atoms with Gasteiger partial charge < -0.3 is 14.8 Å². The first-order valence-corrected chi connectivity index (χ1v) is 8.71. The minimum Gasteiger partial charge on any atom is -0.497 e. The summed E-state index contributed by atoms with van der Waals surface area (Å²) < 4.78 is 10.6. The summed E-state index contributed by atoms with van der Waals surface area (Å²) >= 11 is 1.57. The van der Waals surface area contributed by atoms with Crippen molar-refractivity contribution in [3.63, 3.8) is 0 Å². The Morgan fingerprint density at radius 1 is 1.21 bits per heavy atom. The van der Waals surface area contributed by atoms with Gasteiger partial charge in [0, 0.05) is 17.5 Å². The first-order chi connectivity index (χ1) is 11.7. The molecule has 1 N–H and O–H groups in total. The summed E-state index contributed by atoms with van der Waals surface area (Å²) in [4.78, 5) is 12.0. The molecular formula is C19H21NO3S. The van der Waals surface area contributed by atoms with Crippen LogP contribution in [0.1, 0.15) is 5.56 Å². The fraction of sp³-hybridized carbons (Fsp3) is 0.211. The third-order valence-corrected chi connectivity index (χ3v) is 4.15. The molecule has 24 heavy (non-hydrogen) atoms. The molecule has 0 heterocycles. The van der Waals surface area contributed by atoms with Gasteiger partial charge in [-0.05, 0) is 29.8 Å². The number of rotatable bonds is 9. The molecular weight excluding hydrogens is 322 g/mol. The number of carbonyl (C=O) groups is 1. The summed E-state index contributed by atoms with van der Waals surface area (Å²) in [5.74, 6) is 2.68. The molecule has 2 rings (SSSR count). The molecule has 0 saturated carbocycles. The molecule has 0 atom stereocenters. The lowest BCUT2D eigenvalue weighted by Crippen LogP contribution is -2.14. The Bertz CT molecular complexity index is 671. The second-order valence-corrected chi connectivity index (χ2v) is 6.00. The quantitative estimate of drug-likeness (QED) is 0.696. The number of hydrogen-bond donors (Lipinski definition) is 1. The van der Waals surface area contributed by atoms with Crippen molar-refractivity contribution in [1.29, 1.82) is 0 Å². The summed E-state index contributed by atoms with van der Waals surface area (Å²) in [6, 6.07) is 15.2. The largest absolute Gasteiger partial charge is 0.497 e. The first kappa shape index (κ1) is 17.9. The van der Waals surface area contributed by atoms with Crippen LogP contribution in [-0.4, -0.2) is 25.4 Å². The fourth-order valence-electron chi connectivity index (χ4n) is 2.00. The Hall–Kier alpha value is -2.40. The van der Waals surface area contributed by atoms with E-state index in [4.69, 9.17) is 9.47 Å². The van der Waals surface area contributed by atoms with Gasteiger partial charge in [-0.15, -0.1) is 11.8 Å². The highest BCUT2D eigenvalue weighted by Crippen LogP contribution is 2.19. The van der Waals surface area contributed by atoms with Gasteiger partial charge in [-0.25, -0.2) is 0 Å². The molecule has 0 spiro atoms. The van der Waals surface area contributed by atoms with Crippen molar-refractivity contribution >= 4 is 23.4 Å². The highest BCUT2D eigenvalue weighted by molar-refractivity contribution is 7.99. The van der Waals surface area contributed by atoms with Crippen molar-refractivity contribution < 1.29 is 14.3 Å². The van der Waals surface area contributed by atoms with Crippen LogP contribution in [0.15, 0.2) is 61.2 Å². The summed E-state index contributed by atoms with van der Waals surface area (Å²) in [7, 11) is 1.64. The van der Waals surface area contributed by atoms with E-state index in [1.54, 1.807) is 31.0 Å². The minimum absolute atomic E-state index is 0.0330. The van der Waals surface area contributed by atoms with Gasteiger partial charge in [-0.3, -0.25) is 4.79 Å². The molecule has 0 unspecified atom stereocenters. The summed E-state index contributed by atoms with van der Waals surface area (Å²) in [5.41, 5.74) is 1.89. The number of carbonyl (C=O) groups excluding carboxylic acids is 1. The molecule has 0 bridgehead atoms. The Kier molecular flexibility index (Phi) is 7.23. The van der Waals surface area contributed by atoms with Crippen LogP contribution in [0.3, 0.4) is 0 Å².